The van der Waals surface area contributed by atoms with E-state index in [2.05, 4.69) is 21.8 Å². The van der Waals surface area contributed by atoms with Gasteiger partial charge in [0.25, 0.3) is 0 Å². The van der Waals surface area contributed by atoms with Crippen molar-refractivity contribution in [1.82, 2.24) is 9.62 Å². The van der Waals surface area contributed by atoms with Gasteiger partial charge in [-0.15, -0.1) is 0 Å². The highest BCUT2D eigenvalue weighted by Crippen LogP contribution is 2.22. The maximum absolute atomic E-state index is 12.3. The van der Waals surface area contributed by atoms with E-state index in [4.69, 9.17) is 16.3 Å². The first-order valence-electron chi connectivity index (χ1n) is 8.69. The Morgan fingerprint density at radius 3 is 2.73 bits per heavy atom. The average molecular weight is 395 g/mol. The van der Waals surface area contributed by atoms with Gasteiger partial charge in [0, 0.05) is 24.7 Å². The number of halogens is 1. The molecule has 140 valence electrons. The Bertz CT molecular complexity index is 815. The van der Waals surface area contributed by atoms with Gasteiger partial charge in [-0.05, 0) is 36.7 Å². The fraction of sp³-hybridized carbons (Fsp3) is 0.368. The predicted octanol–water partition coefficient (Wildman–Crippen LogP) is 3.08. The summed E-state index contributed by atoms with van der Waals surface area (Å²) in [6.45, 7) is 3.59. The van der Waals surface area contributed by atoms with Crippen LogP contribution < -0.4 is 4.72 Å². The number of hydrogen-bond acceptors (Lipinski definition) is 4. The molecule has 5 nitrogen and oxygen atoms in total. The van der Waals surface area contributed by atoms with Gasteiger partial charge in [-0.3, -0.25) is 4.90 Å². The lowest BCUT2D eigenvalue weighted by molar-refractivity contribution is -0.0300. The maximum atomic E-state index is 12.3. The van der Waals surface area contributed by atoms with Crippen molar-refractivity contribution < 1.29 is 13.2 Å². The van der Waals surface area contributed by atoms with Crippen molar-refractivity contribution in [3.05, 3.63) is 65.2 Å². The van der Waals surface area contributed by atoms with Gasteiger partial charge >= 0.3 is 0 Å². The van der Waals surface area contributed by atoms with Crippen molar-refractivity contribution >= 4 is 21.6 Å². The molecule has 7 heteroatoms. The van der Waals surface area contributed by atoms with E-state index in [0.29, 0.717) is 18.2 Å². The molecule has 26 heavy (non-hydrogen) atoms. The predicted molar refractivity (Wildman–Crippen MR) is 103 cm³/mol. The van der Waals surface area contributed by atoms with Crippen LogP contribution >= 0.6 is 11.6 Å². The minimum atomic E-state index is -3.52. The monoisotopic (exact) mass is 394 g/mol. The summed E-state index contributed by atoms with van der Waals surface area (Å²) in [5.41, 5.74) is 1.18. The summed E-state index contributed by atoms with van der Waals surface area (Å²) in [4.78, 5) is 2.51. The number of nitrogens with zero attached hydrogens (tertiary/aromatic N) is 1. The normalized spacial score (nSPS) is 18.7. The molecule has 0 amide bonds. The van der Waals surface area contributed by atoms with Gasteiger partial charge in [0.15, 0.2) is 0 Å². The molecule has 1 atom stereocenters. The Hall–Kier alpha value is -1.44. The summed E-state index contributed by atoms with van der Waals surface area (Å²) in [7, 11) is -3.52. The molecular formula is C19H23ClN2O3S. The molecule has 0 aliphatic carbocycles. The van der Waals surface area contributed by atoms with Gasteiger partial charge < -0.3 is 4.74 Å². The smallest absolute Gasteiger partial charge is 0.240 e. The Kier molecular flexibility index (Phi) is 6.67. The molecule has 2 aromatic rings. The number of sulfonamides is 1. The number of rotatable bonds is 7. The summed E-state index contributed by atoms with van der Waals surface area (Å²) in [6, 6.07) is 16.5. The Morgan fingerprint density at radius 1 is 1.15 bits per heavy atom. The third-order valence-electron chi connectivity index (χ3n) is 4.37. The van der Waals surface area contributed by atoms with Crippen LogP contribution in [0.2, 0.25) is 5.02 Å². The zero-order valence-electron chi connectivity index (χ0n) is 14.5. The molecule has 1 aliphatic heterocycles. The Morgan fingerprint density at radius 2 is 1.96 bits per heavy atom. The van der Waals surface area contributed by atoms with Crippen molar-refractivity contribution in [2.75, 3.05) is 32.8 Å². The lowest BCUT2D eigenvalue weighted by Gasteiger charge is -2.33. The number of benzene rings is 2. The number of hydrogen-bond donors (Lipinski definition) is 1. The molecular weight excluding hydrogens is 372 g/mol. The molecule has 0 aromatic heterocycles. The van der Waals surface area contributed by atoms with Crippen LogP contribution in [0.3, 0.4) is 0 Å². The molecule has 0 radical (unpaired) electrons. The Balaban J connectivity index is 1.46. The second-order valence-electron chi connectivity index (χ2n) is 6.28. The quantitative estimate of drug-likeness (QED) is 0.733. The number of ether oxygens (including phenoxy) is 1. The van der Waals surface area contributed by atoms with Crippen LogP contribution in [0.15, 0.2) is 59.5 Å². The third-order valence-corrected chi connectivity index (χ3v) is 6.07. The van der Waals surface area contributed by atoms with Gasteiger partial charge in [0.05, 0.1) is 17.6 Å². The zero-order valence-corrected chi connectivity index (χ0v) is 16.0. The van der Waals surface area contributed by atoms with E-state index in [9.17, 15) is 8.42 Å². The molecule has 1 unspecified atom stereocenters. The van der Waals surface area contributed by atoms with Crippen LogP contribution in [0, 0.1) is 0 Å². The fourth-order valence-corrected chi connectivity index (χ4v) is 4.38. The van der Waals surface area contributed by atoms with E-state index < -0.39 is 10.0 Å². The van der Waals surface area contributed by atoms with Crippen molar-refractivity contribution in [2.24, 2.45) is 0 Å². The molecule has 0 bridgehead atoms. The van der Waals surface area contributed by atoms with Crippen LogP contribution in [0.4, 0.5) is 0 Å². The van der Waals surface area contributed by atoms with E-state index in [0.717, 1.165) is 26.1 Å². The summed E-state index contributed by atoms with van der Waals surface area (Å²) in [6.07, 6.45) is 0.814. The summed E-state index contributed by atoms with van der Waals surface area (Å²) < 4.78 is 33.0. The summed E-state index contributed by atoms with van der Waals surface area (Å²) in [5, 5.41) is 0.410. The largest absolute Gasteiger partial charge is 0.371 e. The first-order chi connectivity index (χ1) is 12.5. The zero-order chi connectivity index (χ0) is 18.4. The fourth-order valence-electron chi connectivity index (χ4n) is 3.00. The lowest BCUT2D eigenvalue weighted by Crippen LogP contribution is -2.39. The third kappa shape index (κ3) is 5.28. The standard InChI is InChI=1S/C19H23ClN2O3S/c20-17-8-4-9-18(14-17)26(23,24)21-10-5-11-22-12-13-25-19(15-22)16-6-2-1-3-7-16/h1-4,6-9,14,19,21H,5,10-13,15H2. The van der Waals surface area contributed by atoms with Crippen LogP contribution in [0.5, 0.6) is 0 Å². The van der Waals surface area contributed by atoms with E-state index >= 15 is 0 Å². The second kappa shape index (κ2) is 8.97. The van der Waals surface area contributed by atoms with Crippen LogP contribution in [0.1, 0.15) is 18.1 Å². The summed E-state index contributed by atoms with van der Waals surface area (Å²) in [5.74, 6) is 0. The molecule has 3 rings (SSSR count). The maximum Gasteiger partial charge on any atom is 0.240 e. The van der Waals surface area contributed by atoms with Gasteiger partial charge in [-0.25, -0.2) is 13.1 Å². The van der Waals surface area contributed by atoms with Crippen molar-refractivity contribution in [1.29, 1.82) is 0 Å². The molecule has 1 N–H and O–H groups in total. The highest BCUT2D eigenvalue weighted by molar-refractivity contribution is 7.89. The van der Waals surface area contributed by atoms with E-state index in [1.807, 2.05) is 18.2 Å². The average Bonchev–Trinajstić information content (AvgIpc) is 2.66. The van der Waals surface area contributed by atoms with Gasteiger partial charge in [0.1, 0.15) is 0 Å². The number of morpholine rings is 1. The van der Waals surface area contributed by atoms with Crippen molar-refractivity contribution in [3.8, 4) is 0 Å². The van der Waals surface area contributed by atoms with Crippen LogP contribution in [0.25, 0.3) is 0 Å². The first kappa shape index (κ1) is 19.3. The lowest BCUT2D eigenvalue weighted by atomic mass is 10.1. The molecule has 1 saturated heterocycles. The topological polar surface area (TPSA) is 58.6 Å². The van der Waals surface area contributed by atoms with Gasteiger partial charge in [-0.1, -0.05) is 48.0 Å². The molecule has 1 fully saturated rings. The molecule has 2 aromatic carbocycles. The molecule has 0 spiro atoms. The van der Waals surface area contributed by atoms with Crippen molar-refractivity contribution in [3.63, 3.8) is 0 Å². The Labute approximate surface area is 160 Å². The van der Waals surface area contributed by atoms with Crippen molar-refractivity contribution in [2.45, 2.75) is 17.4 Å². The highest BCUT2D eigenvalue weighted by Gasteiger charge is 2.21. The summed E-state index contributed by atoms with van der Waals surface area (Å²) >= 11 is 5.87. The first-order valence-corrected chi connectivity index (χ1v) is 10.5. The number of nitrogens with one attached hydrogen (secondary N) is 1. The van der Waals surface area contributed by atoms with E-state index in [-0.39, 0.29) is 11.0 Å². The molecule has 1 aliphatic rings. The molecule has 0 saturated carbocycles. The van der Waals surface area contributed by atoms with Crippen LogP contribution in [-0.4, -0.2) is 46.1 Å². The second-order valence-corrected chi connectivity index (χ2v) is 8.48. The van der Waals surface area contributed by atoms with Gasteiger partial charge in [0.2, 0.25) is 10.0 Å². The minimum Gasteiger partial charge on any atom is -0.371 e. The SMILES string of the molecule is O=S(=O)(NCCCN1CCOC(c2ccccc2)C1)c1cccc(Cl)c1. The van der Waals surface area contributed by atoms with E-state index in [1.54, 1.807) is 18.2 Å². The van der Waals surface area contributed by atoms with Gasteiger partial charge in [-0.2, -0.15) is 0 Å². The highest BCUT2D eigenvalue weighted by atomic mass is 35.5. The van der Waals surface area contributed by atoms with Crippen LogP contribution in [-0.2, 0) is 14.8 Å². The van der Waals surface area contributed by atoms with E-state index in [1.165, 1.54) is 11.6 Å². The minimum absolute atomic E-state index is 0.0769. The molecule has 1 heterocycles.